The Labute approximate surface area is 113 Å². The average molecular weight is 267 g/mol. The number of amides is 1. The third-order valence-corrected chi connectivity index (χ3v) is 2.87. The second-order valence-electron chi connectivity index (χ2n) is 4.44. The van der Waals surface area contributed by atoms with Crippen LogP contribution in [-0.2, 0) is 11.2 Å². The summed E-state index contributed by atoms with van der Waals surface area (Å²) in [4.78, 5) is 11.1. The SMILES string of the molecule is COc1ccc(C[C@H](NC(C)=O)C(C)O)cc1OC. The first kappa shape index (κ1) is 15.3. The summed E-state index contributed by atoms with van der Waals surface area (Å²) in [6.07, 6.45) is -0.102. The highest BCUT2D eigenvalue weighted by molar-refractivity contribution is 5.73. The highest BCUT2D eigenvalue weighted by Crippen LogP contribution is 2.28. The number of methoxy groups -OCH3 is 2. The summed E-state index contributed by atoms with van der Waals surface area (Å²) in [5.41, 5.74) is 0.956. The van der Waals surface area contributed by atoms with Crippen molar-refractivity contribution in [3.8, 4) is 11.5 Å². The molecule has 1 rings (SSSR count). The number of rotatable bonds is 6. The van der Waals surface area contributed by atoms with Crippen molar-refractivity contribution in [3.05, 3.63) is 23.8 Å². The van der Waals surface area contributed by atoms with Crippen LogP contribution < -0.4 is 14.8 Å². The van der Waals surface area contributed by atoms with Gasteiger partial charge in [-0.3, -0.25) is 4.79 Å². The molecule has 0 aromatic heterocycles. The van der Waals surface area contributed by atoms with Crippen LogP contribution in [0.1, 0.15) is 19.4 Å². The smallest absolute Gasteiger partial charge is 0.217 e. The molecule has 1 unspecified atom stereocenters. The van der Waals surface area contributed by atoms with E-state index in [4.69, 9.17) is 9.47 Å². The van der Waals surface area contributed by atoms with Gasteiger partial charge in [0.25, 0.3) is 0 Å². The summed E-state index contributed by atoms with van der Waals surface area (Å²) < 4.78 is 10.4. The zero-order valence-electron chi connectivity index (χ0n) is 11.8. The van der Waals surface area contributed by atoms with E-state index in [1.54, 1.807) is 27.2 Å². The quantitative estimate of drug-likeness (QED) is 0.811. The van der Waals surface area contributed by atoms with Crippen molar-refractivity contribution in [1.82, 2.24) is 5.32 Å². The van der Waals surface area contributed by atoms with Gasteiger partial charge in [0.15, 0.2) is 11.5 Å². The zero-order chi connectivity index (χ0) is 14.4. The number of hydrogen-bond donors (Lipinski definition) is 2. The molecular weight excluding hydrogens is 246 g/mol. The zero-order valence-corrected chi connectivity index (χ0v) is 11.8. The summed E-state index contributed by atoms with van der Waals surface area (Å²) in [5, 5.41) is 12.4. The molecule has 19 heavy (non-hydrogen) atoms. The van der Waals surface area contributed by atoms with Crippen LogP contribution in [0, 0.1) is 0 Å². The molecule has 1 aromatic rings. The van der Waals surface area contributed by atoms with Crippen molar-refractivity contribution in [2.45, 2.75) is 32.4 Å². The highest BCUT2D eigenvalue weighted by atomic mass is 16.5. The summed E-state index contributed by atoms with van der Waals surface area (Å²) in [6, 6.07) is 5.21. The Morgan fingerprint density at radius 1 is 1.32 bits per heavy atom. The first-order valence-electron chi connectivity index (χ1n) is 6.14. The Balaban J connectivity index is 2.87. The van der Waals surface area contributed by atoms with Crippen LogP contribution in [0.5, 0.6) is 11.5 Å². The van der Waals surface area contributed by atoms with Crippen LogP contribution in [0.3, 0.4) is 0 Å². The van der Waals surface area contributed by atoms with Crippen molar-refractivity contribution in [3.63, 3.8) is 0 Å². The van der Waals surface area contributed by atoms with Gasteiger partial charge in [0, 0.05) is 6.92 Å². The van der Waals surface area contributed by atoms with E-state index in [9.17, 15) is 9.90 Å². The van der Waals surface area contributed by atoms with Crippen LogP contribution in [0.2, 0.25) is 0 Å². The maximum atomic E-state index is 11.1. The van der Waals surface area contributed by atoms with Gasteiger partial charge < -0.3 is 19.9 Å². The largest absolute Gasteiger partial charge is 0.493 e. The van der Waals surface area contributed by atoms with E-state index < -0.39 is 6.10 Å². The Bertz CT molecular complexity index is 431. The van der Waals surface area contributed by atoms with Gasteiger partial charge in [-0.2, -0.15) is 0 Å². The second kappa shape index (κ2) is 6.99. The van der Waals surface area contributed by atoms with Crippen molar-refractivity contribution in [2.75, 3.05) is 14.2 Å². The Morgan fingerprint density at radius 2 is 1.95 bits per heavy atom. The number of aliphatic hydroxyl groups excluding tert-OH is 1. The molecule has 0 saturated heterocycles. The van der Waals surface area contributed by atoms with E-state index in [0.29, 0.717) is 17.9 Å². The molecule has 0 spiro atoms. The lowest BCUT2D eigenvalue weighted by atomic mass is 10.0. The Morgan fingerprint density at radius 3 is 2.42 bits per heavy atom. The van der Waals surface area contributed by atoms with E-state index in [1.807, 2.05) is 12.1 Å². The predicted octanol–water partition coefficient (Wildman–Crippen LogP) is 1.13. The van der Waals surface area contributed by atoms with Crippen molar-refractivity contribution in [2.24, 2.45) is 0 Å². The van der Waals surface area contributed by atoms with Gasteiger partial charge in [-0.1, -0.05) is 6.07 Å². The standard InChI is InChI=1S/C14H21NO4/c1-9(16)12(15-10(2)17)7-11-5-6-13(18-3)14(8-11)19-4/h5-6,8-9,12,16H,7H2,1-4H3,(H,15,17)/t9?,12-/m0/s1. The van der Waals surface area contributed by atoms with Crippen molar-refractivity contribution in [1.29, 1.82) is 0 Å². The first-order valence-corrected chi connectivity index (χ1v) is 6.14. The minimum atomic E-state index is -0.628. The molecule has 1 aromatic carbocycles. The Hall–Kier alpha value is -1.75. The van der Waals surface area contributed by atoms with Crippen LogP contribution >= 0.6 is 0 Å². The Kier molecular flexibility index (Phi) is 5.63. The lowest BCUT2D eigenvalue weighted by Gasteiger charge is -2.21. The van der Waals surface area contributed by atoms with Crippen molar-refractivity contribution >= 4 is 5.91 Å². The molecule has 0 saturated carbocycles. The van der Waals surface area contributed by atoms with Gasteiger partial charge in [0.05, 0.1) is 26.4 Å². The molecule has 0 bridgehead atoms. The molecule has 0 aliphatic rings. The topological polar surface area (TPSA) is 67.8 Å². The summed E-state index contributed by atoms with van der Waals surface area (Å²) in [5.74, 6) is 1.12. The predicted molar refractivity (Wildman–Crippen MR) is 72.5 cm³/mol. The minimum Gasteiger partial charge on any atom is -0.493 e. The molecule has 2 N–H and O–H groups in total. The van der Waals surface area contributed by atoms with Crippen LogP contribution in [0.4, 0.5) is 0 Å². The first-order chi connectivity index (χ1) is 8.97. The fraction of sp³-hybridized carbons (Fsp3) is 0.500. The molecule has 0 heterocycles. The lowest BCUT2D eigenvalue weighted by Crippen LogP contribution is -2.42. The summed E-state index contributed by atoms with van der Waals surface area (Å²) in [6.45, 7) is 3.09. The monoisotopic (exact) mass is 267 g/mol. The van der Waals surface area contributed by atoms with Crippen LogP contribution in [0.15, 0.2) is 18.2 Å². The van der Waals surface area contributed by atoms with E-state index in [2.05, 4.69) is 5.32 Å². The number of aliphatic hydroxyl groups is 1. The third kappa shape index (κ3) is 4.44. The maximum absolute atomic E-state index is 11.1. The normalized spacial score (nSPS) is 13.5. The van der Waals surface area contributed by atoms with E-state index in [0.717, 1.165) is 5.56 Å². The van der Waals surface area contributed by atoms with Crippen LogP contribution in [-0.4, -0.2) is 37.4 Å². The molecule has 5 heteroatoms. The van der Waals surface area contributed by atoms with Gasteiger partial charge >= 0.3 is 0 Å². The molecule has 5 nitrogen and oxygen atoms in total. The third-order valence-electron chi connectivity index (χ3n) is 2.87. The van der Waals surface area contributed by atoms with Gasteiger partial charge in [-0.25, -0.2) is 0 Å². The van der Waals surface area contributed by atoms with Gasteiger partial charge in [-0.05, 0) is 31.0 Å². The van der Waals surface area contributed by atoms with Gasteiger partial charge in [0.1, 0.15) is 0 Å². The molecule has 2 atom stereocenters. The lowest BCUT2D eigenvalue weighted by molar-refractivity contribution is -0.120. The summed E-state index contributed by atoms with van der Waals surface area (Å²) >= 11 is 0. The van der Waals surface area contributed by atoms with E-state index in [1.165, 1.54) is 6.92 Å². The number of carbonyl (C=O) groups is 1. The average Bonchev–Trinajstić information content (AvgIpc) is 2.37. The summed E-state index contributed by atoms with van der Waals surface area (Å²) in [7, 11) is 3.15. The molecular formula is C14H21NO4. The number of hydrogen-bond acceptors (Lipinski definition) is 4. The number of ether oxygens (including phenoxy) is 2. The number of nitrogens with one attached hydrogen (secondary N) is 1. The van der Waals surface area contributed by atoms with Gasteiger partial charge in [-0.15, -0.1) is 0 Å². The molecule has 1 amide bonds. The van der Waals surface area contributed by atoms with Gasteiger partial charge in [0.2, 0.25) is 5.91 Å². The van der Waals surface area contributed by atoms with Crippen LogP contribution in [0.25, 0.3) is 0 Å². The second-order valence-corrected chi connectivity index (χ2v) is 4.44. The molecule has 0 aliphatic heterocycles. The fourth-order valence-corrected chi connectivity index (χ4v) is 1.86. The molecule has 0 aliphatic carbocycles. The minimum absolute atomic E-state index is 0.161. The molecule has 0 fully saturated rings. The number of benzene rings is 1. The maximum Gasteiger partial charge on any atom is 0.217 e. The molecule has 106 valence electrons. The fourth-order valence-electron chi connectivity index (χ4n) is 1.86. The van der Waals surface area contributed by atoms with E-state index in [-0.39, 0.29) is 11.9 Å². The van der Waals surface area contributed by atoms with E-state index >= 15 is 0 Å². The highest BCUT2D eigenvalue weighted by Gasteiger charge is 2.17. The van der Waals surface area contributed by atoms with Crippen molar-refractivity contribution < 1.29 is 19.4 Å². The number of carbonyl (C=O) groups excluding carboxylic acids is 1. The molecule has 0 radical (unpaired) electrons.